The molecule has 9 nitrogen and oxygen atoms in total. The van der Waals surface area contributed by atoms with Crippen molar-refractivity contribution in [3.05, 3.63) is 51.8 Å². The predicted octanol–water partition coefficient (Wildman–Crippen LogP) is 2.53. The third-order valence-electron chi connectivity index (χ3n) is 4.22. The van der Waals surface area contributed by atoms with Gasteiger partial charge in [0.15, 0.2) is 5.76 Å². The van der Waals surface area contributed by atoms with Crippen molar-refractivity contribution >= 4 is 29.1 Å². The second kappa shape index (κ2) is 7.26. The van der Waals surface area contributed by atoms with Crippen molar-refractivity contribution in [1.29, 1.82) is 0 Å². The number of anilines is 2. The van der Waals surface area contributed by atoms with Crippen LogP contribution in [0.3, 0.4) is 0 Å². The summed E-state index contributed by atoms with van der Waals surface area (Å²) in [6, 6.07) is 7.19. The first-order chi connectivity index (χ1) is 12.5. The molecule has 0 spiro atoms. The fraction of sp³-hybridized carbons (Fsp3) is 0.294. The molecular weight excluding hydrogens is 340 g/mol. The van der Waals surface area contributed by atoms with Crippen LogP contribution in [0.4, 0.5) is 17.3 Å². The third-order valence-corrected chi connectivity index (χ3v) is 4.22. The number of hydrogen-bond acceptors (Lipinski definition) is 6. The van der Waals surface area contributed by atoms with Crippen molar-refractivity contribution in [2.24, 2.45) is 5.73 Å². The van der Waals surface area contributed by atoms with E-state index in [4.69, 9.17) is 10.2 Å². The molecule has 1 saturated heterocycles. The summed E-state index contributed by atoms with van der Waals surface area (Å²) in [6.07, 6.45) is 3.22. The fourth-order valence-electron chi connectivity index (χ4n) is 2.93. The Bertz CT molecular complexity index is 855. The van der Waals surface area contributed by atoms with Gasteiger partial charge in [-0.3, -0.25) is 19.7 Å². The number of nitrogens with one attached hydrogen (secondary N) is 1. The van der Waals surface area contributed by atoms with E-state index >= 15 is 0 Å². The lowest BCUT2D eigenvalue weighted by molar-refractivity contribution is -0.402. The molecule has 1 fully saturated rings. The normalized spacial score (nSPS) is 14.1. The van der Waals surface area contributed by atoms with E-state index in [-0.39, 0.29) is 11.3 Å². The number of nitrogens with two attached hydrogens (primary N) is 1. The topological polar surface area (TPSA) is 132 Å². The van der Waals surface area contributed by atoms with Gasteiger partial charge >= 0.3 is 5.88 Å². The van der Waals surface area contributed by atoms with Gasteiger partial charge in [0.05, 0.1) is 17.4 Å². The first-order valence-corrected chi connectivity index (χ1v) is 8.20. The predicted molar refractivity (Wildman–Crippen MR) is 94.3 cm³/mol. The average Bonchev–Trinajstić information content (AvgIpc) is 3.13. The minimum absolute atomic E-state index is 0.189. The number of nitro groups is 1. The zero-order chi connectivity index (χ0) is 18.7. The molecule has 2 aromatic rings. The Balaban J connectivity index is 1.90. The van der Waals surface area contributed by atoms with Crippen molar-refractivity contribution in [1.82, 2.24) is 0 Å². The summed E-state index contributed by atoms with van der Waals surface area (Å²) >= 11 is 0. The summed E-state index contributed by atoms with van der Waals surface area (Å²) in [6.45, 7) is 1.68. The number of carbonyl (C=O) groups is 2. The standard InChI is InChI=1S/C17H18N4O5/c18-16(22)11-4-5-13(20-8-2-1-3-9-20)12(10-11)19-17(23)14-6-7-15(26-14)21(24)25/h4-7,10H,1-3,8-9H2,(H2,18,22)(H,19,23). The van der Waals surface area contributed by atoms with Gasteiger partial charge in [-0.05, 0) is 43.5 Å². The molecule has 0 atom stereocenters. The van der Waals surface area contributed by atoms with Gasteiger partial charge in [0.25, 0.3) is 5.91 Å². The van der Waals surface area contributed by atoms with E-state index in [1.54, 1.807) is 12.1 Å². The Morgan fingerprint density at radius 2 is 1.88 bits per heavy atom. The minimum atomic E-state index is -0.719. The summed E-state index contributed by atoms with van der Waals surface area (Å²) < 4.78 is 4.93. The van der Waals surface area contributed by atoms with Crippen molar-refractivity contribution < 1.29 is 18.9 Å². The first kappa shape index (κ1) is 17.5. The SMILES string of the molecule is NC(=O)c1ccc(N2CCCCC2)c(NC(=O)c2ccc([N+](=O)[O-])o2)c1. The van der Waals surface area contributed by atoms with Gasteiger partial charge in [0, 0.05) is 18.7 Å². The average molecular weight is 358 g/mol. The van der Waals surface area contributed by atoms with E-state index in [0.717, 1.165) is 44.1 Å². The Morgan fingerprint density at radius 1 is 1.15 bits per heavy atom. The van der Waals surface area contributed by atoms with Crippen LogP contribution in [0.15, 0.2) is 34.7 Å². The zero-order valence-electron chi connectivity index (χ0n) is 13.9. The van der Waals surface area contributed by atoms with Crippen LogP contribution in [0, 0.1) is 10.1 Å². The molecule has 1 aromatic heterocycles. The number of nitrogens with zero attached hydrogens (tertiary/aromatic N) is 2. The number of amides is 2. The van der Waals surface area contributed by atoms with E-state index < -0.39 is 22.6 Å². The lowest BCUT2D eigenvalue weighted by Gasteiger charge is -2.30. The van der Waals surface area contributed by atoms with E-state index in [2.05, 4.69) is 10.2 Å². The molecule has 0 aliphatic carbocycles. The third kappa shape index (κ3) is 3.66. The summed E-state index contributed by atoms with van der Waals surface area (Å²) in [7, 11) is 0. The highest BCUT2D eigenvalue weighted by Gasteiger charge is 2.21. The molecule has 2 amide bonds. The monoisotopic (exact) mass is 358 g/mol. The molecule has 9 heteroatoms. The first-order valence-electron chi connectivity index (χ1n) is 8.20. The smallest absolute Gasteiger partial charge is 0.395 e. The zero-order valence-corrected chi connectivity index (χ0v) is 13.9. The lowest BCUT2D eigenvalue weighted by Crippen LogP contribution is -2.30. The van der Waals surface area contributed by atoms with Crippen LogP contribution < -0.4 is 16.0 Å². The summed E-state index contributed by atoms with van der Waals surface area (Å²) in [4.78, 5) is 36.0. The van der Waals surface area contributed by atoms with E-state index in [9.17, 15) is 19.7 Å². The van der Waals surface area contributed by atoms with Gasteiger partial charge in [0.2, 0.25) is 5.91 Å². The maximum atomic E-state index is 12.4. The lowest BCUT2D eigenvalue weighted by atomic mass is 10.1. The second-order valence-corrected chi connectivity index (χ2v) is 5.99. The van der Waals surface area contributed by atoms with Crippen LogP contribution in [0.5, 0.6) is 0 Å². The molecule has 1 aliphatic heterocycles. The Morgan fingerprint density at radius 3 is 2.50 bits per heavy atom. The number of furan rings is 1. The molecule has 26 heavy (non-hydrogen) atoms. The highest BCUT2D eigenvalue weighted by atomic mass is 16.6. The number of carbonyl (C=O) groups excluding carboxylic acids is 2. The van der Waals surface area contributed by atoms with Crippen LogP contribution in [0.1, 0.15) is 40.2 Å². The van der Waals surface area contributed by atoms with Gasteiger partial charge in [0.1, 0.15) is 4.92 Å². The van der Waals surface area contributed by atoms with E-state index in [1.165, 1.54) is 12.1 Å². The maximum Gasteiger partial charge on any atom is 0.433 e. The molecular formula is C17H18N4O5. The quantitative estimate of drug-likeness (QED) is 0.623. The molecule has 136 valence electrons. The number of benzene rings is 1. The van der Waals surface area contributed by atoms with Crippen molar-refractivity contribution in [3.8, 4) is 0 Å². The molecule has 0 radical (unpaired) electrons. The highest BCUT2D eigenvalue weighted by molar-refractivity contribution is 6.05. The Kier molecular flexibility index (Phi) is 4.87. The van der Waals surface area contributed by atoms with Gasteiger partial charge < -0.3 is 20.4 Å². The number of rotatable bonds is 5. The molecule has 1 aromatic carbocycles. The van der Waals surface area contributed by atoms with Crippen LogP contribution >= 0.6 is 0 Å². The van der Waals surface area contributed by atoms with Crippen LogP contribution in [0.25, 0.3) is 0 Å². The van der Waals surface area contributed by atoms with Gasteiger partial charge in [-0.1, -0.05) is 0 Å². The second-order valence-electron chi connectivity index (χ2n) is 5.99. The van der Waals surface area contributed by atoms with Crippen molar-refractivity contribution in [2.45, 2.75) is 19.3 Å². The van der Waals surface area contributed by atoms with Crippen LogP contribution in [0.2, 0.25) is 0 Å². The summed E-state index contributed by atoms with van der Waals surface area (Å²) in [5.41, 5.74) is 6.76. The van der Waals surface area contributed by atoms with Crippen LogP contribution in [-0.2, 0) is 0 Å². The van der Waals surface area contributed by atoms with Crippen LogP contribution in [-0.4, -0.2) is 29.8 Å². The molecule has 2 heterocycles. The molecule has 3 N–H and O–H groups in total. The van der Waals surface area contributed by atoms with Gasteiger partial charge in [-0.15, -0.1) is 0 Å². The Labute approximate surface area is 148 Å². The fourth-order valence-corrected chi connectivity index (χ4v) is 2.93. The van der Waals surface area contributed by atoms with E-state index in [1.807, 2.05) is 0 Å². The van der Waals surface area contributed by atoms with Gasteiger partial charge in [-0.2, -0.15) is 0 Å². The number of piperidine rings is 1. The number of primary amides is 1. The van der Waals surface area contributed by atoms with Crippen molar-refractivity contribution in [2.75, 3.05) is 23.3 Å². The molecule has 0 unspecified atom stereocenters. The maximum absolute atomic E-state index is 12.4. The highest BCUT2D eigenvalue weighted by Crippen LogP contribution is 2.30. The molecule has 0 bridgehead atoms. The largest absolute Gasteiger partial charge is 0.433 e. The minimum Gasteiger partial charge on any atom is -0.395 e. The Hall–Kier alpha value is -3.36. The van der Waals surface area contributed by atoms with Gasteiger partial charge in [-0.25, -0.2) is 0 Å². The summed E-state index contributed by atoms with van der Waals surface area (Å²) in [5, 5.41) is 13.4. The van der Waals surface area contributed by atoms with E-state index in [0.29, 0.717) is 5.69 Å². The molecule has 3 rings (SSSR count). The summed E-state index contributed by atoms with van der Waals surface area (Å²) in [5.74, 6) is -1.96. The van der Waals surface area contributed by atoms with Crippen molar-refractivity contribution in [3.63, 3.8) is 0 Å². The molecule has 1 aliphatic rings. The number of hydrogen-bond donors (Lipinski definition) is 2. The molecule has 0 saturated carbocycles.